The van der Waals surface area contributed by atoms with Gasteiger partial charge in [0.2, 0.25) is 5.91 Å². The summed E-state index contributed by atoms with van der Waals surface area (Å²) < 4.78 is 12.2. The highest BCUT2D eigenvalue weighted by atomic mass is 16.5. The van der Waals surface area contributed by atoms with Crippen molar-refractivity contribution in [3.63, 3.8) is 0 Å². The van der Waals surface area contributed by atoms with Gasteiger partial charge >= 0.3 is 0 Å². The lowest BCUT2D eigenvalue weighted by Crippen LogP contribution is -2.28. The second-order valence-corrected chi connectivity index (χ2v) is 4.53. The van der Waals surface area contributed by atoms with Crippen molar-refractivity contribution in [2.45, 2.75) is 13.0 Å². The maximum absolute atomic E-state index is 11.9. The zero-order chi connectivity index (χ0) is 14.4. The van der Waals surface area contributed by atoms with Crippen LogP contribution in [0.2, 0.25) is 0 Å². The molecular weight excluding hydrogens is 256 g/mol. The first-order chi connectivity index (χ1) is 9.76. The van der Waals surface area contributed by atoms with Gasteiger partial charge in [-0.25, -0.2) is 0 Å². The van der Waals surface area contributed by atoms with E-state index >= 15 is 0 Å². The summed E-state index contributed by atoms with van der Waals surface area (Å²) in [5.41, 5.74) is 0.997. The molecule has 0 saturated carbocycles. The van der Waals surface area contributed by atoms with Crippen molar-refractivity contribution < 1.29 is 14.3 Å². The van der Waals surface area contributed by atoms with Crippen LogP contribution in [0.5, 0.6) is 5.75 Å². The van der Waals surface area contributed by atoms with E-state index in [4.69, 9.17) is 9.47 Å². The van der Waals surface area contributed by atoms with Crippen molar-refractivity contribution in [1.29, 1.82) is 0 Å². The fraction of sp³-hybridized carbons (Fsp3) is 0.400. The average Bonchev–Trinajstić information content (AvgIpc) is 2.87. The highest BCUT2D eigenvalue weighted by molar-refractivity contribution is 5.88. The molecule has 2 aromatic rings. The molecule has 0 bridgehead atoms. The molecule has 1 N–H and O–H groups in total. The fourth-order valence-corrected chi connectivity index (χ4v) is 2.17. The minimum Gasteiger partial charge on any atom is -0.496 e. The molecule has 1 amide bonds. The number of benzene rings is 1. The van der Waals surface area contributed by atoms with Crippen molar-refractivity contribution in [2.24, 2.45) is 0 Å². The second kappa shape index (κ2) is 6.96. The van der Waals surface area contributed by atoms with E-state index in [9.17, 15) is 4.79 Å². The van der Waals surface area contributed by atoms with Gasteiger partial charge in [-0.15, -0.1) is 0 Å². The standard InChI is InChI=1S/C15H20N2O3/c1-19-10-4-8-16-15(18)11-17-9-7-12-13(17)5-3-6-14(12)20-2/h3,5-7,9H,4,8,10-11H2,1-2H3,(H,16,18). The molecular formula is C15H20N2O3. The molecule has 0 aliphatic heterocycles. The Labute approximate surface area is 118 Å². The van der Waals surface area contributed by atoms with Crippen LogP contribution in [0.15, 0.2) is 30.5 Å². The molecule has 0 fully saturated rings. The van der Waals surface area contributed by atoms with Gasteiger partial charge in [-0.2, -0.15) is 0 Å². The summed E-state index contributed by atoms with van der Waals surface area (Å²) in [5.74, 6) is 0.822. The van der Waals surface area contributed by atoms with Gasteiger partial charge in [0.05, 0.1) is 12.6 Å². The number of aromatic nitrogens is 1. The molecule has 1 heterocycles. The van der Waals surface area contributed by atoms with Crippen molar-refractivity contribution in [2.75, 3.05) is 27.4 Å². The minimum atomic E-state index is 0.00132. The molecule has 108 valence electrons. The quantitative estimate of drug-likeness (QED) is 0.785. The van der Waals surface area contributed by atoms with E-state index in [1.54, 1.807) is 14.2 Å². The number of amides is 1. The van der Waals surface area contributed by atoms with Gasteiger partial charge in [0, 0.05) is 31.8 Å². The highest BCUT2D eigenvalue weighted by Crippen LogP contribution is 2.25. The van der Waals surface area contributed by atoms with Crippen LogP contribution in [0.1, 0.15) is 6.42 Å². The van der Waals surface area contributed by atoms with E-state index in [1.807, 2.05) is 35.0 Å². The van der Waals surface area contributed by atoms with Crippen molar-refractivity contribution in [3.8, 4) is 5.75 Å². The Morgan fingerprint density at radius 1 is 1.30 bits per heavy atom. The Morgan fingerprint density at radius 2 is 2.15 bits per heavy atom. The summed E-state index contributed by atoms with van der Waals surface area (Å²) in [4.78, 5) is 11.9. The number of hydrogen-bond donors (Lipinski definition) is 1. The molecule has 0 saturated heterocycles. The lowest BCUT2D eigenvalue weighted by molar-refractivity contribution is -0.121. The number of nitrogens with one attached hydrogen (secondary N) is 1. The number of methoxy groups -OCH3 is 2. The topological polar surface area (TPSA) is 52.5 Å². The second-order valence-electron chi connectivity index (χ2n) is 4.53. The number of hydrogen-bond acceptors (Lipinski definition) is 3. The monoisotopic (exact) mass is 276 g/mol. The van der Waals surface area contributed by atoms with Gasteiger partial charge in [-0.3, -0.25) is 4.79 Å². The third kappa shape index (κ3) is 3.30. The molecule has 0 aliphatic rings. The van der Waals surface area contributed by atoms with E-state index in [2.05, 4.69) is 5.32 Å². The number of nitrogens with zero attached hydrogens (tertiary/aromatic N) is 1. The molecule has 5 heteroatoms. The van der Waals surface area contributed by atoms with E-state index in [0.29, 0.717) is 19.7 Å². The molecule has 0 aliphatic carbocycles. The zero-order valence-corrected chi connectivity index (χ0v) is 11.9. The predicted octanol–water partition coefficient (Wildman–Crippen LogP) is 1.80. The molecule has 5 nitrogen and oxygen atoms in total. The van der Waals surface area contributed by atoms with E-state index in [0.717, 1.165) is 23.1 Å². The normalized spacial score (nSPS) is 10.7. The first-order valence-electron chi connectivity index (χ1n) is 6.63. The Morgan fingerprint density at radius 3 is 2.90 bits per heavy atom. The molecule has 0 unspecified atom stereocenters. The first kappa shape index (κ1) is 14.4. The van der Waals surface area contributed by atoms with Crippen LogP contribution >= 0.6 is 0 Å². The van der Waals surface area contributed by atoms with E-state index in [-0.39, 0.29) is 5.91 Å². The number of rotatable bonds is 7. The molecule has 1 aromatic heterocycles. The number of carbonyl (C=O) groups is 1. The summed E-state index contributed by atoms with van der Waals surface area (Å²) in [6.07, 6.45) is 2.73. The van der Waals surface area contributed by atoms with Gasteiger partial charge in [-0.05, 0) is 24.6 Å². The maximum atomic E-state index is 11.9. The van der Waals surface area contributed by atoms with Crippen molar-refractivity contribution in [1.82, 2.24) is 9.88 Å². The summed E-state index contributed by atoms with van der Waals surface area (Å²) in [6, 6.07) is 7.79. The van der Waals surface area contributed by atoms with Crippen LogP contribution in [-0.4, -0.2) is 37.8 Å². The summed E-state index contributed by atoms with van der Waals surface area (Å²) in [5, 5.41) is 3.89. The van der Waals surface area contributed by atoms with Gasteiger partial charge in [0.25, 0.3) is 0 Å². The SMILES string of the molecule is COCCCNC(=O)Cn1ccc2c(OC)cccc21. The summed E-state index contributed by atoms with van der Waals surface area (Å²) in [7, 11) is 3.30. The van der Waals surface area contributed by atoms with E-state index in [1.165, 1.54) is 0 Å². The van der Waals surface area contributed by atoms with E-state index < -0.39 is 0 Å². The number of carbonyl (C=O) groups excluding carboxylic acids is 1. The van der Waals surface area contributed by atoms with Crippen LogP contribution in [-0.2, 0) is 16.1 Å². The van der Waals surface area contributed by atoms with Crippen molar-refractivity contribution in [3.05, 3.63) is 30.5 Å². The molecule has 1 aromatic carbocycles. The lowest BCUT2D eigenvalue weighted by Gasteiger charge is -2.08. The minimum absolute atomic E-state index is 0.00132. The van der Waals surface area contributed by atoms with Crippen LogP contribution in [0.3, 0.4) is 0 Å². The average molecular weight is 276 g/mol. The fourth-order valence-electron chi connectivity index (χ4n) is 2.17. The van der Waals surface area contributed by atoms with Gasteiger partial charge in [-0.1, -0.05) is 6.07 Å². The van der Waals surface area contributed by atoms with Gasteiger partial charge in [0.1, 0.15) is 12.3 Å². The summed E-state index contributed by atoms with van der Waals surface area (Å²) in [6.45, 7) is 1.60. The van der Waals surface area contributed by atoms with Gasteiger partial charge < -0.3 is 19.4 Å². The Kier molecular flexibility index (Phi) is 5.01. The summed E-state index contributed by atoms with van der Waals surface area (Å²) >= 11 is 0. The smallest absolute Gasteiger partial charge is 0.239 e. The first-order valence-corrected chi connectivity index (χ1v) is 6.63. The number of ether oxygens (including phenoxy) is 2. The van der Waals surface area contributed by atoms with Crippen LogP contribution < -0.4 is 10.1 Å². The maximum Gasteiger partial charge on any atom is 0.239 e. The number of fused-ring (bicyclic) bond motifs is 1. The Balaban J connectivity index is 2.01. The van der Waals surface area contributed by atoms with Crippen LogP contribution in [0.4, 0.5) is 0 Å². The predicted molar refractivity (Wildman–Crippen MR) is 78.0 cm³/mol. The molecule has 20 heavy (non-hydrogen) atoms. The third-order valence-corrected chi connectivity index (χ3v) is 3.15. The van der Waals surface area contributed by atoms with Gasteiger partial charge in [0.15, 0.2) is 0 Å². The largest absolute Gasteiger partial charge is 0.496 e. The molecule has 0 radical (unpaired) electrons. The molecule has 0 spiro atoms. The highest BCUT2D eigenvalue weighted by Gasteiger charge is 2.08. The van der Waals surface area contributed by atoms with Crippen LogP contribution in [0.25, 0.3) is 10.9 Å². The Hall–Kier alpha value is -2.01. The van der Waals surface area contributed by atoms with Crippen LogP contribution in [0, 0.1) is 0 Å². The molecule has 0 atom stereocenters. The lowest BCUT2D eigenvalue weighted by atomic mass is 10.2. The Bertz CT molecular complexity index is 578. The van der Waals surface area contributed by atoms with Crippen molar-refractivity contribution >= 4 is 16.8 Å². The molecule has 2 rings (SSSR count). The zero-order valence-electron chi connectivity index (χ0n) is 11.9. The third-order valence-electron chi connectivity index (χ3n) is 3.15.